The van der Waals surface area contributed by atoms with Crippen molar-refractivity contribution in [2.75, 3.05) is 29.0 Å². The van der Waals surface area contributed by atoms with Gasteiger partial charge in [-0.05, 0) is 37.1 Å². The minimum absolute atomic E-state index is 0.0829. The molecule has 0 spiro atoms. The van der Waals surface area contributed by atoms with E-state index in [1.807, 2.05) is 24.3 Å². The number of carbonyl (C=O) groups is 1. The summed E-state index contributed by atoms with van der Waals surface area (Å²) >= 11 is 0. The first-order chi connectivity index (χ1) is 11.5. The predicted octanol–water partition coefficient (Wildman–Crippen LogP) is 2.42. The molecule has 0 bridgehead atoms. The zero-order valence-electron chi connectivity index (χ0n) is 12.9. The molecular weight excluding hydrogens is 310 g/mol. The van der Waals surface area contributed by atoms with Gasteiger partial charge in [0.25, 0.3) is 5.91 Å². The smallest absolute Gasteiger partial charge is 0.311 e. The second kappa shape index (κ2) is 6.53. The number of hydrogen-bond acceptors (Lipinski definition) is 6. The second-order valence-electron chi connectivity index (χ2n) is 5.58. The number of aromatic nitrogens is 1. The molecule has 0 aliphatic carbocycles. The largest absolute Gasteiger partial charge is 0.378 e. The molecule has 2 aromatic rings. The van der Waals surface area contributed by atoms with E-state index in [9.17, 15) is 14.9 Å². The minimum atomic E-state index is -0.663. The van der Waals surface area contributed by atoms with Crippen molar-refractivity contribution in [3.8, 4) is 0 Å². The summed E-state index contributed by atoms with van der Waals surface area (Å²) in [7, 11) is 0. The first kappa shape index (κ1) is 15.7. The molecule has 3 rings (SSSR count). The van der Waals surface area contributed by atoms with E-state index in [-0.39, 0.29) is 17.1 Å². The molecule has 124 valence electrons. The SMILES string of the molecule is Nc1ncc(C(=O)Nc2ccc(N3CCCC3)cc2)cc1[N+](=O)[O-]. The number of nitrogen functional groups attached to an aromatic ring is 1. The Balaban J connectivity index is 1.72. The Bertz CT molecular complexity index is 770. The first-order valence-electron chi connectivity index (χ1n) is 7.61. The summed E-state index contributed by atoms with van der Waals surface area (Å²) in [6.45, 7) is 2.10. The summed E-state index contributed by atoms with van der Waals surface area (Å²) in [4.78, 5) is 28.4. The third-order valence-corrected chi connectivity index (χ3v) is 3.95. The van der Waals surface area contributed by atoms with Crippen LogP contribution in [0.1, 0.15) is 23.2 Å². The Labute approximate surface area is 138 Å². The van der Waals surface area contributed by atoms with E-state index in [0.717, 1.165) is 24.8 Å². The van der Waals surface area contributed by atoms with E-state index in [0.29, 0.717) is 5.69 Å². The van der Waals surface area contributed by atoms with Crippen LogP contribution in [0.4, 0.5) is 22.9 Å². The molecule has 1 aliphatic heterocycles. The van der Waals surface area contributed by atoms with Gasteiger partial charge in [-0.25, -0.2) is 4.98 Å². The Morgan fingerprint density at radius 3 is 2.54 bits per heavy atom. The lowest BCUT2D eigenvalue weighted by molar-refractivity contribution is -0.384. The van der Waals surface area contributed by atoms with Crippen molar-refractivity contribution in [1.29, 1.82) is 0 Å². The van der Waals surface area contributed by atoms with Crippen LogP contribution in [0.25, 0.3) is 0 Å². The van der Waals surface area contributed by atoms with Crippen molar-refractivity contribution in [2.45, 2.75) is 12.8 Å². The topological polar surface area (TPSA) is 114 Å². The molecule has 1 fully saturated rings. The predicted molar refractivity (Wildman–Crippen MR) is 91.1 cm³/mol. The van der Waals surface area contributed by atoms with Gasteiger partial charge in [0.15, 0.2) is 0 Å². The van der Waals surface area contributed by atoms with Crippen LogP contribution in [0.5, 0.6) is 0 Å². The summed E-state index contributed by atoms with van der Waals surface area (Å²) in [5.74, 6) is -0.689. The number of benzene rings is 1. The third-order valence-electron chi connectivity index (χ3n) is 3.95. The lowest BCUT2D eigenvalue weighted by Crippen LogP contribution is -2.17. The maximum absolute atomic E-state index is 12.2. The van der Waals surface area contributed by atoms with Crippen molar-refractivity contribution >= 4 is 28.8 Å². The lowest BCUT2D eigenvalue weighted by Gasteiger charge is -2.17. The molecule has 0 radical (unpaired) electrons. The minimum Gasteiger partial charge on any atom is -0.378 e. The molecule has 1 saturated heterocycles. The number of hydrogen-bond donors (Lipinski definition) is 2. The standard InChI is InChI=1S/C16H17N5O3/c17-15-14(21(23)24)9-11(10-18-15)16(22)19-12-3-5-13(6-4-12)20-7-1-2-8-20/h3-6,9-10H,1-2,7-8H2,(H2,17,18)(H,19,22). The van der Waals surface area contributed by atoms with E-state index >= 15 is 0 Å². The quantitative estimate of drug-likeness (QED) is 0.658. The van der Waals surface area contributed by atoms with Crippen molar-refractivity contribution in [3.63, 3.8) is 0 Å². The van der Waals surface area contributed by atoms with E-state index in [1.165, 1.54) is 19.0 Å². The van der Waals surface area contributed by atoms with Crippen LogP contribution in [0.15, 0.2) is 36.5 Å². The summed E-state index contributed by atoms with van der Waals surface area (Å²) in [5, 5.41) is 13.6. The fraction of sp³-hybridized carbons (Fsp3) is 0.250. The first-order valence-corrected chi connectivity index (χ1v) is 7.61. The van der Waals surface area contributed by atoms with Gasteiger partial charge in [0.2, 0.25) is 5.82 Å². The van der Waals surface area contributed by atoms with Crippen LogP contribution in [-0.4, -0.2) is 28.9 Å². The Morgan fingerprint density at radius 1 is 1.25 bits per heavy atom. The van der Waals surface area contributed by atoms with Crippen LogP contribution in [0.3, 0.4) is 0 Å². The van der Waals surface area contributed by atoms with Crippen LogP contribution in [0, 0.1) is 10.1 Å². The van der Waals surface area contributed by atoms with Gasteiger partial charge in [-0.1, -0.05) is 0 Å². The van der Waals surface area contributed by atoms with Gasteiger partial charge in [-0.3, -0.25) is 14.9 Å². The van der Waals surface area contributed by atoms with Crippen molar-refractivity contribution in [2.24, 2.45) is 0 Å². The van der Waals surface area contributed by atoms with Gasteiger partial charge in [0.1, 0.15) is 0 Å². The number of rotatable bonds is 4. The Morgan fingerprint density at radius 2 is 1.92 bits per heavy atom. The van der Waals surface area contributed by atoms with Gasteiger partial charge < -0.3 is 16.0 Å². The number of nitrogens with zero attached hydrogens (tertiary/aromatic N) is 3. The molecule has 0 saturated carbocycles. The van der Waals surface area contributed by atoms with Crippen LogP contribution in [-0.2, 0) is 0 Å². The average Bonchev–Trinajstić information content (AvgIpc) is 3.10. The van der Waals surface area contributed by atoms with Gasteiger partial charge in [0.05, 0.1) is 10.5 Å². The monoisotopic (exact) mass is 327 g/mol. The molecule has 8 nitrogen and oxygen atoms in total. The zero-order valence-corrected chi connectivity index (χ0v) is 12.9. The molecular formula is C16H17N5O3. The molecule has 3 N–H and O–H groups in total. The molecule has 1 aromatic carbocycles. The van der Waals surface area contributed by atoms with Crippen molar-refractivity contribution in [3.05, 3.63) is 52.2 Å². The highest BCUT2D eigenvalue weighted by molar-refractivity contribution is 6.04. The summed E-state index contributed by atoms with van der Waals surface area (Å²) in [6.07, 6.45) is 3.61. The molecule has 1 aromatic heterocycles. The maximum Gasteiger partial charge on any atom is 0.311 e. The summed E-state index contributed by atoms with van der Waals surface area (Å²) < 4.78 is 0. The highest BCUT2D eigenvalue weighted by Crippen LogP contribution is 2.23. The zero-order chi connectivity index (χ0) is 17.1. The number of nitro groups is 1. The number of nitrogens with two attached hydrogens (primary N) is 1. The molecule has 0 unspecified atom stereocenters. The molecule has 2 heterocycles. The number of pyridine rings is 1. The molecule has 8 heteroatoms. The van der Waals surface area contributed by atoms with Crippen LogP contribution < -0.4 is 16.0 Å². The number of anilines is 3. The highest BCUT2D eigenvalue weighted by Gasteiger charge is 2.17. The van der Waals surface area contributed by atoms with Gasteiger partial charge in [0, 0.05) is 36.7 Å². The van der Waals surface area contributed by atoms with Crippen LogP contribution >= 0.6 is 0 Å². The van der Waals surface area contributed by atoms with Crippen molar-refractivity contribution in [1.82, 2.24) is 4.98 Å². The molecule has 1 aliphatic rings. The van der Waals surface area contributed by atoms with E-state index in [2.05, 4.69) is 15.2 Å². The Hall–Kier alpha value is -3.16. The van der Waals surface area contributed by atoms with Gasteiger partial charge in [-0.15, -0.1) is 0 Å². The number of nitrogens with one attached hydrogen (secondary N) is 1. The number of amides is 1. The van der Waals surface area contributed by atoms with Gasteiger partial charge >= 0.3 is 5.69 Å². The lowest BCUT2D eigenvalue weighted by atomic mass is 10.2. The van der Waals surface area contributed by atoms with Gasteiger partial charge in [-0.2, -0.15) is 0 Å². The summed E-state index contributed by atoms with van der Waals surface area (Å²) in [5.41, 5.74) is 6.86. The van der Waals surface area contributed by atoms with Crippen LogP contribution in [0.2, 0.25) is 0 Å². The summed E-state index contributed by atoms with van der Waals surface area (Å²) in [6, 6.07) is 8.64. The second-order valence-corrected chi connectivity index (χ2v) is 5.58. The van der Waals surface area contributed by atoms with E-state index < -0.39 is 10.8 Å². The average molecular weight is 327 g/mol. The Kier molecular flexibility index (Phi) is 4.28. The van der Waals surface area contributed by atoms with E-state index in [4.69, 9.17) is 5.73 Å². The highest BCUT2D eigenvalue weighted by atomic mass is 16.6. The molecule has 0 atom stereocenters. The fourth-order valence-electron chi connectivity index (χ4n) is 2.67. The fourth-order valence-corrected chi connectivity index (χ4v) is 2.67. The van der Waals surface area contributed by atoms with E-state index in [1.54, 1.807) is 0 Å². The maximum atomic E-state index is 12.2. The number of carbonyl (C=O) groups excluding carboxylic acids is 1. The molecule has 24 heavy (non-hydrogen) atoms. The normalized spacial score (nSPS) is 13.8. The van der Waals surface area contributed by atoms with Crippen molar-refractivity contribution < 1.29 is 9.72 Å². The molecule has 1 amide bonds. The third kappa shape index (κ3) is 3.27.